The lowest BCUT2D eigenvalue weighted by Gasteiger charge is -2.30. The van der Waals surface area contributed by atoms with E-state index in [0.717, 1.165) is 25.3 Å². The summed E-state index contributed by atoms with van der Waals surface area (Å²) >= 11 is 0. The van der Waals surface area contributed by atoms with Crippen molar-refractivity contribution in [2.75, 3.05) is 19.7 Å². The smallest absolute Gasteiger partial charge is 0.330 e. The van der Waals surface area contributed by atoms with E-state index in [4.69, 9.17) is 9.47 Å². The Morgan fingerprint density at radius 2 is 2.10 bits per heavy atom. The number of aromatic amines is 1. The van der Waals surface area contributed by atoms with Crippen molar-refractivity contribution in [1.82, 2.24) is 29.4 Å². The Hall–Kier alpha value is -2.34. The molecule has 3 fully saturated rings. The average Bonchev–Trinajstić information content (AvgIpc) is 3.34. The van der Waals surface area contributed by atoms with E-state index in [1.165, 1.54) is 36.1 Å². The number of H-pyrrole nitrogens is 1. The van der Waals surface area contributed by atoms with E-state index < -0.39 is 35.3 Å². The van der Waals surface area contributed by atoms with Gasteiger partial charge in [-0.25, -0.2) is 9.48 Å². The van der Waals surface area contributed by atoms with Crippen LogP contribution in [0.5, 0.6) is 0 Å². The molecule has 0 saturated carbocycles. The predicted molar refractivity (Wildman–Crippen MR) is 99.1 cm³/mol. The number of piperidine rings is 1. The molecule has 5 heterocycles. The molecule has 2 bridgehead atoms. The van der Waals surface area contributed by atoms with Gasteiger partial charge in [0.15, 0.2) is 6.23 Å². The van der Waals surface area contributed by atoms with Gasteiger partial charge in [0.2, 0.25) is 0 Å². The first-order valence-electron chi connectivity index (χ1n) is 9.94. The zero-order chi connectivity index (χ0) is 20.0. The van der Waals surface area contributed by atoms with E-state index in [1.54, 1.807) is 4.68 Å². The molecule has 3 aliphatic rings. The fourth-order valence-electron chi connectivity index (χ4n) is 4.49. The lowest BCUT2D eigenvalue weighted by molar-refractivity contribution is -0.180. The van der Waals surface area contributed by atoms with Gasteiger partial charge in [0, 0.05) is 25.0 Å². The number of likely N-dealkylation sites (tertiary alicyclic amines) is 1. The Kier molecular flexibility index (Phi) is 4.62. The largest absolute Gasteiger partial charge is 0.387 e. The highest BCUT2D eigenvalue weighted by atomic mass is 16.6. The van der Waals surface area contributed by atoms with Crippen molar-refractivity contribution in [2.24, 2.45) is 0 Å². The number of fused-ring (bicyclic) bond motifs is 2. The summed E-state index contributed by atoms with van der Waals surface area (Å²) in [5, 5.41) is 19.2. The van der Waals surface area contributed by atoms with E-state index in [1.807, 2.05) is 6.20 Å². The van der Waals surface area contributed by atoms with E-state index in [2.05, 4.69) is 20.2 Å². The maximum Gasteiger partial charge on any atom is 0.330 e. The van der Waals surface area contributed by atoms with Crippen LogP contribution in [0.1, 0.15) is 31.2 Å². The third-order valence-corrected chi connectivity index (χ3v) is 5.98. The molecule has 0 aliphatic carbocycles. The van der Waals surface area contributed by atoms with Crippen LogP contribution in [0, 0.1) is 0 Å². The topological polar surface area (TPSA) is 128 Å². The quantitative estimate of drug-likeness (QED) is 0.639. The highest BCUT2D eigenvalue weighted by molar-refractivity contribution is 5.08. The van der Waals surface area contributed by atoms with Gasteiger partial charge in [-0.1, -0.05) is 11.6 Å². The van der Waals surface area contributed by atoms with Gasteiger partial charge in [-0.3, -0.25) is 19.2 Å². The molecule has 0 spiro atoms. The first kappa shape index (κ1) is 18.7. The zero-order valence-electron chi connectivity index (χ0n) is 15.9. The van der Waals surface area contributed by atoms with Crippen molar-refractivity contribution in [1.29, 1.82) is 0 Å². The Morgan fingerprint density at radius 1 is 1.28 bits per heavy atom. The molecular weight excluding hydrogens is 380 g/mol. The molecule has 156 valence electrons. The molecule has 5 rings (SSSR count). The third kappa shape index (κ3) is 3.33. The summed E-state index contributed by atoms with van der Waals surface area (Å²) in [6, 6.07) is 1.24. The number of nitrogens with zero attached hydrogens (tertiary/aromatic N) is 5. The normalized spacial score (nSPS) is 32.1. The molecule has 1 unspecified atom stereocenters. The van der Waals surface area contributed by atoms with Gasteiger partial charge in [-0.2, -0.15) is 0 Å². The van der Waals surface area contributed by atoms with E-state index in [9.17, 15) is 14.7 Å². The third-order valence-electron chi connectivity index (χ3n) is 5.98. The molecule has 11 heteroatoms. The number of ether oxygens (including phenoxy) is 2. The summed E-state index contributed by atoms with van der Waals surface area (Å²) in [6.07, 6.45) is 4.47. The van der Waals surface area contributed by atoms with Gasteiger partial charge >= 0.3 is 5.69 Å². The van der Waals surface area contributed by atoms with Gasteiger partial charge in [-0.05, 0) is 25.9 Å². The number of hydrogen-bond acceptors (Lipinski definition) is 8. The van der Waals surface area contributed by atoms with Gasteiger partial charge in [0.05, 0.1) is 18.8 Å². The second kappa shape index (κ2) is 7.17. The number of rotatable bonds is 5. The van der Waals surface area contributed by atoms with Crippen molar-refractivity contribution in [2.45, 2.75) is 56.4 Å². The maximum atomic E-state index is 12.1. The molecule has 0 aromatic carbocycles. The van der Waals surface area contributed by atoms with Gasteiger partial charge in [0.25, 0.3) is 5.56 Å². The second-order valence-corrected chi connectivity index (χ2v) is 8.06. The highest BCUT2D eigenvalue weighted by Gasteiger charge is 2.62. The van der Waals surface area contributed by atoms with Gasteiger partial charge < -0.3 is 14.6 Å². The minimum absolute atomic E-state index is 0.189. The van der Waals surface area contributed by atoms with Gasteiger partial charge in [0.1, 0.15) is 17.8 Å². The SMILES string of the molecule is O=c1ccn([C@@H]2O[C@@]3(Cn4cc(CN5CCCCC5)nn4)COC2[C@H]3O)c(=O)[nH]1. The maximum absolute atomic E-state index is 12.1. The van der Waals surface area contributed by atoms with Crippen LogP contribution >= 0.6 is 0 Å². The first-order valence-corrected chi connectivity index (χ1v) is 9.94. The van der Waals surface area contributed by atoms with Crippen LogP contribution in [0.2, 0.25) is 0 Å². The van der Waals surface area contributed by atoms with Crippen molar-refractivity contribution in [3.8, 4) is 0 Å². The number of aromatic nitrogens is 5. The molecule has 2 aromatic heterocycles. The molecule has 11 nitrogen and oxygen atoms in total. The molecule has 0 amide bonds. The minimum Gasteiger partial charge on any atom is -0.387 e. The number of aliphatic hydroxyl groups is 1. The minimum atomic E-state index is -1.03. The van der Waals surface area contributed by atoms with E-state index in [0.29, 0.717) is 0 Å². The summed E-state index contributed by atoms with van der Waals surface area (Å²) in [4.78, 5) is 28.0. The molecule has 4 atom stereocenters. The van der Waals surface area contributed by atoms with Crippen LogP contribution in [0.25, 0.3) is 0 Å². The first-order chi connectivity index (χ1) is 14.0. The van der Waals surface area contributed by atoms with Crippen LogP contribution in [0.3, 0.4) is 0 Å². The lowest BCUT2D eigenvalue weighted by Crippen LogP contribution is -2.45. The summed E-state index contributed by atoms with van der Waals surface area (Å²) in [5.74, 6) is 0. The van der Waals surface area contributed by atoms with Crippen molar-refractivity contribution < 1.29 is 14.6 Å². The zero-order valence-corrected chi connectivity index (χ0v) is 15.9. The summed E-state index contributed by atoms with van der Waals surface area (Å²) in [7, 11) is 0. The molecule has 0 radical (unpaired) electrons. The lowest BCUT2D eigenvalue weighted by atomic mass is 9.99. The number of nitrogens with one attached hydrogen (secondary N) is 1. The van der Waals surface area contributed by atoms with E-state index >= 15 is 0 Å². The monoisotopic (exact) mass is 404 g/mol. The van der Waals surface area contributed by atoms with Crippen LogP contribution < -0.4 is 11.2 Å². The van der Waals surface area contributed by atoms with E-state index in [-0.39, 0.29) is 13.2 Å². The Labute approximate surface area is 165 Å². The number of aliphatic hydroxyl groups excluding tert-OH is 1. The molecular formula is C18H24N6O5. The van der Waals surface area contributed by atoms with Crippen LogP contribution in [0.4, 0.5) is 0 Å². The van der Waals surface area contributed by atoms with Crippen LogP contribution in [0.15, 0.2) is 28.0 Å². The van der Waals surface area contributed by atoms with Gasteiger partial charge in [-0.15, -0.1) is 5.10 Å². The molecule has 2 aromatic rings. The van der Waals surface area contributed by atoms with Crippen LogP contribution in [-0.2, 0) is 22.6 Å². The predicted octanol–water partition coefficient (Wildman–Crippen LogP) is -1.16. The van der Waals surface area contributed by atoms with Crippen molar-refractivity contribution in [3.63, 3.8) is 0 Å². The fourth-order valence-corrected chi connectivity index (χ4v) is 4.49. The standard InChI is InChI=1S/C18H24N6O5/c25-13-4-7-24(17(27)19-13)16-14-15(26)18(29-16,11-28-14)10-23-9-12(20-21-23)8-22-5-2-1-3-6-22/h4,7,9,14-16,26H,1-3,5-6,8,10-11H2,(H,19,25,27)/t14?,15-,16-,18+/m1/s1. The average molecular weight is 404 g/mol. The van der Waals surface area contributed by atoms with Crippen molar-refractivity contribution in [3.05, 3.63) is 45.0 Å². The fraction of sp³-hybridized carbons (Fsp3) is 0.667. The molecule has 3 aliphatic heterocycles. The number of hydrogen-bond donors (Lipinski definition) is 2. The highest BCUT2D eigenvalue weighted by Crippen LogP contribution is 2.45. The second-order valence-electron chi connectivity index (χ2n) is 8.06. The summed E-state index contributed by atoms with van der Waals surface area (Å²) in [6.45, 7) is 3.35. The Balaban J connectivity index is 1.32. The van der Waals surface area contributed by atoms with Crippen LogP contribution in [-0.4, -0.2) is 72.1 Å². The molecule has 3 saturated heterocycles. The van der Waals surface area contributed by atoms with Crippen molar-refractivity contribution >= 4 is 0 Å². The molecule has 2 N–H and O–H groups in total. The summed E-state index contributed by atoms with van der Waals surface area (Å²) in [5.41, 5.74) is -1.25. The Bertz CT molecular complexity index is 995. The summed E-state index contributed by atoms with van der Waals surface area (Å²) < 4.78 is 14.7. The molecule has 29 heavy (non-hydrogen) atoms. The Morgan fingerprint density at radius 3 is 2.90 bits per heavy atom.